The largest absolute Gasteiger partial charge is 2.00 e. The number of rotatable bonds is 2. The summed E-state index contributed by atoms with van der Waals surface area (Å²) in [7, 11) is -4.08. The molecule has 1 N–H and O–H groups in total. The molecule has 16 heavy (non-hydrogen) atoms. The zero-order valence-corrected chi connectivity index (χ0v) is 12.7. The molecular weight excluding hydrogens is 256 g/mol. The fourth-order valence-electron chi connectivity index (χ4n) is 3.42. The summed E-state index contributed by atoms with van der Waals surface area (Å²) in [6.07, 6.45) is 1.97. The fourth-order valence-corrected chi connectivity index (χ4v) is 4.72. The van der Waals surface area contributed by atoms with Crippen LogP contribution in [0.25, 0.3) is 0 Å². The summed E-state index contributed by atoms with van der Waals surface area (Å²) in [6, 6.07) is 0. The molecule has 0 aromatic carbocycles. The second-order valence-electron chi connectivity index (χ2n) is 5.39. The number of hydrogen-bond acceptors (Lipinski definition) is 3. The molecule has 0 aromatic rings. The van der Waals surface area contributed by atoms with E-state index in [0.29, 0.717) is 12.8 Å². The molecule has 0 aliphatic heterocycles. The summed E-state index contributed by atoms with van der Waals surface area (Å²) in [5.74, 6) is -0.101. The third-order valence-electron chi connectivity index (χ3n) is 4.57. The van der Waals surface area contributed by atoms with Crippen molar-refractivity contribution in [2.24, 2.45) is 16.7 Å². The normalized spacial score (nSPS) is 36.2. The molecule has 2 rings (SSSR count). The minimum atomic E-state index is -4.08. The average Bonchev–Trinajstić information content (AvgIpc) is 2.34. The van der Waals surface area contributed by atoms with Gasteiger partial charge in [-0.1, -0.05) is 13.8 Å². The summed E-state index contributed by atoms with van der Waals surface area (Å²) < 4.78 is 31.0. The zero-order chi connectivity index (χ0) is 11.5. The Kier molecular flexibility index (Phi) is 3.91. The Balaban J connectivity index is 0.00000128. The van der Waals surface area contributed by atoms with E-state index in [1.165, 1.54) is 0 Å². The van der Waals surface area contributed by atoms with Gasteiger partial charge in [0.15, 0.2) is 0 Å². The summed E-state index contributed by atoms with van der Waals surface area (Å²) >= 11 is 0. The van der Waals surface area contributed by atoms with Crippen molar-refractivity contribution >= 4 is 53.6 Å². The van der Waals surface area contributed by atoms with Crippen LogP contribution in [0.5, 0.6) is 0 Å². The van der Waals surface area contributed by atoms with Gasteiger partial charge >= 0.3 is 37.7 Å². The van der Waals surface area contributed by atoms with Crippen LogP contribution in [0.3, 0.4) is 0 Å². The molecule has 2 saturated carbocycles. The predicted molar refractivity (Wildman–Crippen MR) is 60.7 cm³/mol. The Morgan fingerprint density at radius 2 is 2.00 bits per heavy atom. The molecule has 0 spiro atoms. The first-order valence-corrected chi connectivity index (χ1v) is 6.78. The van der Waals surface area contributed by atoms with Gasteiger partial charge in [-0.15, -0.1) is 0 Å². The van der Waals surface area contributed by atoms with Crippen LogP contribution in [0, 0.1) is 16.7 Å². The van der Waals surface area contributed by atoms with Crippen LogP contribution in [0.1, 0.15) is 33.1 Å². The first-order valence-electron chi connectivity index (χ1n) is 5.17. The van der Waals surface area contributed by atoms with E-state index in [9.17, 15) is 13.2 Å². The second-order valence-corrected chi connectivity index (χ2v) is 6.85. The molecule has 0 amide bonds. The number of carbonyl (C=O) groups is 1. The van der Waals surface area contributed by atoms with E-state index >= 15 is 0 Å². The Labute approximate surface area is 126 Å². The van der Waals surface area contributed by atoms with Crippen LogP contribution in [0.4, 0.5) is 0 Å². The van der Waals surface area contributed by atoms with Gasteiger partial charge in [0.25, 0.3) is 10.1 Å². The summed E-state index contributed by atoms with van der Waals surface area (Å²) in [5, 5.41) is 0. The molecule has 0 heterocycles. The third kappa shape index (κ3) is 1.99. The van der Waals surface area contributed by atoms with Crippen molar-refractivity contribution in [2.75, 3.05) is 5.75 Å². The summed E-state index contributed by atoms with van der Waals surface area (Å²) in [6.45, 7) is 3.89. The van der Waals surface area contributed by atoms with Gasteiger partial charge in [0, 0.05) is 6.42 Å². The quantitative estimate of drug-likeness (QED) is 0.598. The standard InChI is InChI=1S/C10H16O4S.Ca/c1-9(2)7-3-4-10(9,8(11)5-7)6-15(12,13)14;/h7H,3-6H2,1-2H3,(H,12,13,14);/q;+2. The van der Waals surface area contributed by atoms with Crippen molar-refractivity contribution in [1.82, 2.24) is 0 Å². The molecular formula is C10H16CaO4S+2. The topological polar surface area (TPSA) is 71.4 Å². The summed E-state index contributed by atoms with van der Waals surface area (Å²) in [5.41, 5.74) is -1.12. The first kappa shape index (κ1) is 14.9. The van der Waals surface area contributed by atoms with Gasteiger partial charge in [-0.05, 0) is 24.2 Å². The number of hydrogen-bond donors (Lipinski definition) is 1. The van der Waals surface area contributed by atoms with Crippen LogP contribution in [-0.2, 0) is 14.9 Å². The van der Waals surface area contributed by atoms with Gasteiger partial charge in [0.1, 0.15) is 5.78 Å². The molecule has 2 fully saturated rings. The van der Waals surface area contributed by atoms with Gasteiger partial charge in [0.05, 0.1) is 11.2 Å². The number of fused-ring (bicyclic) bond motifs is 2. The maximum atomic E-state index is 11.9. The first-order chi connectivity index (χ1) is 6.69. The molecule has 2 aliphatic rings. The molecule has 2 bridgehead atoms. The maximum absolute atomic E-state index is 11.9. The van der Waals surface area contributed by atoms with E-state index in [0.717, 1.165) is 6.42 Å². The van der Waals surface area contributed by atoms with Crippen molar-refractivity contribution in [1.29, 1.82) is 0 Å². The van der Waals surface area contributed by atoms with Crippen LogP contribution in [0.15, 0.2) is 0 Å². The number of ketones is 1. The third-order valence-corrected chi connectivity index (χ3v) is 5.43. The monoisotopic (exact) mass is 272 g/mol. The van der Waals surface area contributed by atoms with Crippen molar-refractivity contribution in [3.8, 4) is 0 Å². The molecule has 0 saturated heterocycles. The molecule has 2 unspecified atom stereocenters. The van der Waals surface area contributed by atoms with Crippen molar-refractivity contribution in [3.63, 3.8) is 0 Å². The Hall–Kier alpha value is 0.840. The maximum Gasteiger partial charge on any atom is 2.00 e. The van der Waals surface area contributed by atoms with Crippen molar-refractivity contribution in [3.05, 3.63) is 0 Å². The molecule has 86 valence electrons. The average molecular weight is 272 g/mol. The van der Waals surface area contributed by atoms with E-state index in [-0.39, 0.29) is 54.9 Å². The van der Waals surface area contributed by atoms with Crippen LogP contribution < -0.4 is 0 Å². The van der Waals surface area contributed by atoms with E-state index < -0.39 is 21.3 Å². The summed E-state index contributed by atoms with van der Waals surface area (Å²) in [4.78, 5) is 11.9. The van der Waals surface area contributed by atoms with E-state index in [1.54, 1.807) is 0 Å². The van der Waals surface area contributed by atoms with Crippen LogP contribution >= 0.6 is 0 Å². The van der Waals surface area contributed by atoms with Gasteiger partial charge < -0.3 is 0 Å². The molecule has 6 heteroatoms. The van der Waals surface area contributed by atoms with E-state index in [1.807, 2.05) is 13.8 Å². The number of Topliss-reactive ketones (excluding diaryl/α,β-unsaturated/α-hetero) is 1. The Morgan fingerprint density at radius 3 is 2.31 bits per heavy atom. The van der Waals surface area contributed by atoms with Gasteiger partial charge in [0.2, 0.25) is 0 Å². The van der Waals surface area contributed by atoms with Crippen molar-refractivity contribution in [2.45, 2.75) is 33.1 Å². The Morgan fingerprint density at radius 1 is 1.44 bits per heavy atom. The fraction of sp³-hybridized carbons (Fsp3) is 0.900. The minimum Gasteiger partial charge on any atom is -0.299 e. The molecule has 0 radical (unpaired) electrons. The van der Waals surface area contributed by atoms with E-state index in [4.69, 9.17) is 4.55 Å². The van der Waals surface area contributed by atoms with Gasteiger partial charge in [-0.25, -0.2) is 0 Å². The molecule has 0 aromatic heterocycles. The number of carbonyl (C=O) groups excluding carboxylic acids is 1. The molecule has 4 nitrogen and oxygen atoms in total. The zero-order valence-electron chi connectivity index (χ0n) is 9.69. The smallest absolute Gasteiger partial charge is 0.299 e. The minimum absolute atomic E-state index is 0. The van der Waals surface area contributed by atoms with Crippen LogP contribution in [0.2, 0.25) is 0 Å². The molecule has 2 aliphatic carbocycles. The second kappa shape index (κ2) is 4.19. The Bertz CT molecular complexity index is 415. The van der Waals surface area contributed by atoms with Gasteiger partial charge in [-0.2, -0.15) is 8.42 Å². The van der Waals surface area contributed by atoms with E-state index in [2.05, 4.69) is 0 Å². The van der Waals surface area contributed by atoms with Crippen LogP contribution in [-0.4, -0.2) is 62.2 Å². The van der Waals surface area contributed by atoms with Gasteiger partial charge in [-0.3, -0.25) is 9.35 Å². The SMILES string of the molecule is CC1(C)C2CCC1(CS(=O)(=O)O)C(=O)C2.[Ca+2]. The van der Waals surface area contributed by atoms with Crippen molar-refractivity contribution < 1.29 is 17.8 Å². The predicted octanol–water partition coefficient (Wildman–Crippen LogP) is 0.889. The molecule has 2 atom stereocenters.